The molecule has 0 bridgehead atoms. The summed E-state index contributed by atoms with van der Waals surface area (Å²) in [6, 6.07) is 4.42. The minimum atomic E-state index is -1.29. The maximum Gasteiger partial charge on any atom is 0.342 e. The number of nitrogens with zero attached hydrogens (tertiary/aromatic N) is 2. The van der Waals surface area contributed by atoms with Crippen molar-refractivity contribution in [1.82, 2.24) is 0 Å². The van der Waals surface area contributed by atoms with Gasteiger partial charge in [-0.25, -0.2) is 4.79 Å². The standard InChI is InChI=1S/C12H16N2O4/c1-4-8(2)13(3)10-7-5-6-9(12(15)16)11(10)14(17)18/h5-8H,4H2,1-3H3,(H,15,16). The number of carboxylic acid groups (broad SMARTS) is 1. The molecule has 0 heterocycles. The van der Waals surface area contributed by atoms with Crippen LogP contribution in [0.2, 0.25) is 0 Å². The first-order valence-electron chi connectivity index (χ1n) is 5.63. The fourth-order valence-corrected chi connectivity index (χ4v) is 1.69. The van der Waals surface area contributed by atoms with Crippen LogP contribution < -0.4 is 4.90 Å². The Balaban J connectivity index is 3.40. The van der Waals surface area contributed by atoms with E-state index in [0.29, 0.717) is 5.69 Å². The van der Waals surface area contributed by atoms with Crippen molar-refractivity contribution < 1.29 is 14.8 Å². The van der Waals surface area contributed by atoms with Gasteiger partial charge in [0.25, 0.3) is 0 Å². The van der Waals surface area contributed by atoms with Crippen LogP contribution in [0.15, 0.2) is 18.2 Å². The Morgan fingerprint density at radius 1 is 1.56 bits per heavy atom. The molecular weight excluding hydrogens is 236 g/mol. The summed E-state index contributed by atoms with van der Waals surface area (Å²) in [5, 5.41) is 20.1. The number of anilines is 1. The van der Waals surface area contributed by atoms with Gasteiger partial charge < -0.3 is 10.0 Å². The van der Waals surface area contributed by atoms with E-state index in [1.165, 1.54) is 12.1 Å². The molecule has 1 aromatic carbocycles. The van der Waals surface area contributed by atoms with Gasteiger partial charge in [0.1, 0.15) is 11.3 Å². The molecule has 6 heteroatoms. The summed E-state index contributed by atoms with van der Waals surface area (Å²) in [5.41, 5.74) is -0.310. The first kappa shape index (κ1) is 14.0. The third-order valence-electron chi connectivity index (χ3n) is 3.06. The van der Waals surface area contributed by atoms with Crippen LogP contribution in [0.1, 0.15) is 30.6 Å². The number of rotatable bonds is 5. The summed E-state index contributed by atoms with van der Waals surface area (Å²) in [6.45, 7) is 3.89. The maximum atomic E-state index is 11.1. The number of carbonyl (C=O) groups is 1. The monoisotopic (exact) mass is 252 g/mol. The molecule has 1 unspecified atom stereocenters. The largest absolute Gasteiger partial charge is 0.477 e. The zero-order chi connectivity index (χ0) is 13.9. The Morgan fingerprint density at radius 3 is 2.61 bits per heavy atom. The van der Waals surface area contributed by atoms with E-state index in [0.717, 1.165) is 6.42 Å². The minimum absolute atomic E-state index is 0.0905. The van der Waals surface area contributed by atoms with Gasteiger partial charge in [-0.1, -0.05) is 13.0 Å². The third-order valence-corrected chi connectivity index (χ3v) is 3.06. The molecule has 0 radical (unpaired) electrons. The molecule has 0 aliphatic rings. The molecule has 1 aromatic rings. The molecule has 6 nitrogen and oxygen atoms in total. The third kappa shape index (κ3) is 2.58. The number of benzene rings is 1. The normalized spacial score (nSPS) is 11.9. The molecular formula is C12H16N2O4. The molecule has 1 atom stereocenters. The first-order valence-corrected chi connectivity index (χ1v) is 5.63. The number of carboxylic acids is 1. The van der Waals surface area contributed by atoms with Gasteiger partial charge >= 0.3 is 11.7 Å². The molecule has 98 valence electrons. The molecule has 0 saturated carbocycles. The lowest BCUT2D eigenvalue weighted by molar-refractivity contribution is -0.384. The second-order valence-electron chi connectivity index (χ2n) is 4.10. The van der Waals surface area contributed by atoms with Crippen molar-refractivity contribution in [3.05, 3.63) is 33.9 Å². The van der Waals surface area contributed by atoms with E-state index in [4.69, 9.17) is 5.11 Å². The first-order chi connectivity index (χ1) is 8.40. The van der Waals surface area contributed by atoms with Crippen LogP contribution in [0.25, 0.3) is 0 Å². The average molecular weight is 252 g/mol. The predicted molar refractivity (Wildman–Crippen MR) is 68.2 cm³/mol. The number of para-hydroxylation sites is 1. The van der Waals surface area contributed by atoms with Crippen molar-refractivity contribution in [2.45, 2.75) is 26.3 Å². The summed E-state index contributed by atoms with van der Waals surface area (Å²) < 4.78 is 0. The van der Waals surface area contributed by atoms with Crippen LogP contribution in [0.5, 0.6) is 0 Å². The van der Waals surface area contributed by atoms with Crippen LogP contribution in [0, 0.1) is 10.1 Å². The SMILES string of the molecule is CCC(C)N(C)c1cccc(C(=O)O)c1[N+](=O)[O-]. The summed E-state index contributed by atoms with van der Waals surface area (Å²) in [4.78, 5) is 23.2. The Morgan fingerprint density at radius 2 is 2.17 bits per heavy atom. The van der Waals surface area contributed by atoms with Crippen LogP contribution in [0.3, 0.4) is 0 Å². The van der Waals surface area contributed by atoms with E-state index in [1.54, 1.807) is 18.0 Å². The Hall–Kier alpha value is -2.11. The van der Waals surface area contributed by atoms with Crippen molar-refractivity contribution in [2.75, 3.05) is 11.9 Å². The molecule has 0 aliphatic carbocycles. The molecule has 0 amide bonds. The molecule has 0 saturated heterocycles. The zero-order valence-corrected chi connectivity index (χ0v) is 10.6. The van der Waals surface area contributed by atoms with Gasteiger partial charge in [-0.2, -0.15) is 0 Å². The smallest absolute Gasteiger partial charge is 0.342 e. The lowest BCUT2D eigenvalue weighted by atomic mass is 10.1. The highest BCUT2D eigenvalue weighted by Crippen LogP contribution is 2.32. The van der Waals surface area contributed by atoms with Crippen LogP contribution >= 0.6 is 0 Å². The van der Waals surface area contributed by atoms with Gasteiger partial charge in [-0.15, -0.1) is 0 Å². The van der Waals surface area contributed by atoms with E-state index in [-0.39, 0.29) is 17.3 Å². The molecule has 0 spiro atoms. The zero-order valence-electron chi connectivity index (χ0n) is 10.6. The Bertz CT molecular complexity index is 473. The Labute approximate surface area is 105 Å². The van der Waals surface area contributed by atoms with E-state index in [1.807, 2.05) is 13.8 Å². The lowest BCUT2D eigenvalue weighted by Crippen LogP contribution is -2.29. The second kappa shape index (κ2) is 5.48. The summed E-state index contributed by atoms with van der Waals surface area (Å²) in [5.74, 6) is -1.29. The number of aromatic carboxylic acids is 1. The van der Waals surface area contributed by atoms with Crippen LogP contribution in [-0.2, 0) is 0 Å². The molecule has 0 fully saturated rings. The fraction of sp³-hybridized carbons (Fsp3) is 0.417. The van der Waals surface area contributed by atoms with Crippen molar-refractivity contribution in [1.29, 1.82) is 0 Å². The molecule has 0 aromatic heterocycles. The summed E-state index contributed by atoms with van der Waals surface area (Å²) in [7, 11) is 1.72. The van der Waals surface area contributed by atoms with E-state index in [2.05, 4.69) is 0 Å². The molecule has 1 N–H and O–H groups in total. The van der Waals surface area contributed by atoms with E-state index in [9.17, 15) is 14.9 Å². The van der Waals surface area contributed by atoms with Gasteiger partial charge in [0.2, 0.25) is 0 Å². The fourth-order valence-electron chi connectivity index (χ4n) is 1.69. The van der Waals surface area contributed by atoms with Crippen molar-refractivity contribution in [3.63, 3.8) is 0 Å². The van der Waals surface area contributed by atoms with E-state index >= 15 is 0 Å². The van der Waals surface area contributed by atoms with Gasteiger partial charge in [-0.3, -0.25) is 10.1 Å². The highest BCUT2D eigenvalue weighted by Gasteiger charge is 2.27. The maximum absolute atomic E-state index is 11.1. The van der Waals surface area contributed by atoms with Gasteiger partial charge in [0.05, 0.1) is 4.92 Å². The summed E-state index contributed by atoms with van der Waals surface area (Å²) >= 11 is 0. The van der Waals surface area contributed by atoms with Crippen molar-refractivity contribution in [3.8, 4) is 0 Å². The Kier molecular flexibility index (Phi) is 4.25. The quantitative estimate of drug-likeness (QED) is 0.643. The molecule has 0 aliphatic heterocycles. The summed E-state index contributed by atoms with van der Waals surface area (Å²) in [6.07, 6.45) is 0.810. The lowest BCUT2D eigenvalue weighted by Gasteiger charge is -2.25. The van der Waals surface area contributed by atoms with Gasteiger partial charge in [0.15, 0.2) is 0 Å². The molecule has 1 rings (SSSR count). The predicted octanol–water partition coefficient (Wildman–Crippen LogP) is 2.53. The van der Waals surface area contributed by atoms with Crippen LogP contribution in [-0.4, -0.2) is 29.1 Å². The van der Waals surface area contributed by atoms with E-state index < -0.39 is 10.9 Å². The van der Waals surface area contributed by atoms with Crippen LogP contribution in [0.4, 0.5) is 11.4 Å². The van der Waals surface area contributed by atoms with Crippen molar-refractivity contribution in [2.24, 2.45) is 0 Å². The topological polar surface area (TPSA) is 83.7 Å². The second-order valence-corrected chi connectivity index (χ2v) is 4.10. The number of hydrogen-bond acceptors (Lipinski definition) is 4. The number of nitro groups is 1. The molecule has 18 heavy (non-hydrogen) atoms. The highest BCUT2D eigenvalue weighted by atomic mass is 16.6. The highest BCUT2D eigenvalue weighted by molar-refractivity contribution is 5.95. The minimum Gasteiger partial charge on any atom is -0.477 e. The van der Waals surface area contributed by atoms with Crippen molar-refractivity contribution >= 4 is 17.3 Å². The number of nitro benzene ring substituents is 1. The van der Waals surface area contributed by atoms with Gasteiger partial charge in [0, 0.05) is 13.1 Å². The van der Waals surface area contributed by atoms with Gasteiger partial charge in [-0.05, 0) is 25.5 Å². The number of hydrogen-bond donors (Lipinski definition) is 1. The average Bonchev–Trinajstić information content (AvgIpc) is 2.35.